The molecule has 0 bridgehead atoms. The van der Waals surface area contributed by atoms with E-state index >= 15 is 0 Å². The van der Waals surface area contributed by atoms with Gasteiger partial charge in [-0.3, -0.25) is 4.21 Å². The fourth-order valence-corrected chi connectivity index (χ4v) is 3.02. The molecular formula is C15H16FNOS. The highest BCUT2D eigenvalue weighted by Gasteiger charge is 2.09. The zero-order chi connectivity index (χ0) is 13.8. The van der Waals surface area contributed by atoms with Gasteiger partial charge in [-0.05, 0) is 35.7 Å². The third-order valence-electron chi connectivity index (χ3n) is 2.95. The molecule has 1 unspecified atom stereocenters. The first-order valence-corrected chi connectivity index (χ1v) is 7.43. The average molecular weight is 277 g/mol. The lowest BCUT2D eigenvalue weighted by Crippen LogP contribution is -2.01. The molecule has 4 heteroatoms. The molecule has 100 valence electrons. The molecule has 0 fully saturated rings. The van der Waals surface area contributed by atoms with Crippen molar-refractivity contribution in [1.82, 2.24) is 0 Å². The van der Waals surface area contributed by atoms with Crippen molar-refractivity contribution in [2.45, 2.75) is 24.0 Å². The van der Waals surface area contributed by atoms with E-state index in [1.54, 1.807) is 0 Å². The van der Waals surface area contributed by atoms with Crippen molar-refractivity contribution in [2.75, 3.05) is 5.73 Å². The smallest absolute Gasteiger partial charge is 0.125 e. The molecule has 0 amide bonds. The second-order valence-electron chi connectivity index (χ2n) is 4.34. The Bertz CT molecular complexity index is 596. The summed E-state index contributed by atoms with van der Waals surface area (Å²) in [5.41, 5.74) is 8.16. The van der Waals surface area contributed by atoms with Gasteiger partial charge < -0.3 is 5.73 Å². The van der Waals surface area contributed by atoms with Gasteiger partial charge in [-0.25, -0.2) is 4.39 Å². The molecule has 0 heterocycles. The van der Waals surface area contributed by atoms with Crippen LogP contribution in [0.3, 0.4) is 0 Å². The van der Waals surface area contributed by atoms with E-state index in [0.717, 1.165) is 12.0 Å². The molecule has 0 aromatic heterocycles. The van der Waals surface area contributed by atoms with Crippen LogP contribution in [0.15, 0.2) is 47.4 Å². The Morgan fingerprint density at radius 1 is 1.11 bits per heavy atom. The lowest BCUT2D eigenvalue weighted by molar-refractivity contribution is 0.627. The molecule has 2 rings (SSSR count). The van der Waals surface area contributed by atoms with Gasteiger partial charge in [0.05, 0.1) is 27.1 Å². The van der Waals surface area contributed by atoms with Gasteiger partial charge in [0, 0.05) is 0 Å². The monoisotopic (exact) mass is 277 g/mol. The van der Waals surface area contributed by atoms with Crippen LogP contribution in [0.1, 0.15) is 18.1 Å². The molecule has 2 aromatic rings. The summed E-state index contributed by atoms with van der Waals surface area (Å²) < 4.78 is 25.2. The first-order chi connectivity index (χ1) is 9.10. The molecule has 0 saturated heterocycles. The first-order valence-electron chi connectivity index (χ1n) is 6.11. The van der Waals surface area contributed by atoms with Crippen molar-refractivity contribution >= 4 is 16.5 Å². The van der Waals surface area contributed by atoms with Gasteiger partial charge >= 0.3 is 0 Å². The van der Waals surface area contributed by atoms with Gasteiger partial charge in [-0.1, -0.05) is 31.2 Å². The number of anilines is 1. The summed E-state index contributed by atoms with van der Waals surface area (Å²) >= 11 is 0. The molecule has 0 radical (unpaired) electrons. The van der Waals surface area contributed by atoms with Crippen molar-refractivity contribution in [3.8, 4) is 0 Å². The first kappa shape index (κ1) is 13.7. The van der Waals surface area contributed by atoms with Crippen molar-refractivity contribution in [3.05, 3.63) is 59.4 Å². The zero-order valence-electron chi connectivity index (χ0n) is 10.7. The maximum absolute atomic E-state index is 12.9. The average Bonchev–Trinajstić information content (AvgIpc) is 2.39. The number of benzene rings is 2. The second kappa shape index (κ2) is 5.97. The Morgan fingerprint density at radius 3 is 2.32 bits per heavy atom. The Morgan fingerprint density at radius 2 is 1.74 bits per heavy atom. The van der Waals surface area contributed by atoms with Crippen molar-refractivity contribution in [2.24, 2.45) is 0 Å². The van der Waals surface area contributed by atoms with E-state index in [0.29, 0.717) is 10.6 Å². The van der Waals surface area contributed by atoms with E-state index in [9.17, 15) is 8.60 Å². The summed E-state index contributed by atoms with van der Waals surface area (Å²) in [6.45, 7) is 2.09. The Kier molecular flexibility index (Phi) is 4.32. The van der Waals surface area contributed by atoms with Crippen LogP contribution in [0.25, 0.3) is 0 Å². The largest absolute Gasteiger partial charge is 0.398 e. The van der Waals surface area contributed by atoms with Gasteiger partial charge in [-0.15, -0.1) is 0 Å². The minimum atomic E-state index is -1.25. The molecule has 0 saturated carbocycles. The van der Waals surface area contributed by atoms with E-state index in [4.69, 9.17) is 5.73 Å². The van der Waals surface area contributed by atoms with E-state index < -0.39 is 16.6 Å². The summed E-state index contributed by atoms with van der Waals surface area (Å²) in [4.78, 5) is 0.487. The summed E-state index contributed by atoms with van der Waals surface area (Å²) in [7, 11) is -1.25. The summed E-state index contributed by atoms with van der Waals surface area (Å²) in [5, 5.41) is 0. The molecule has 19 heavy (non-hydrogen) atoms. The molecular weight excluding hydrogens is 261 g/mol. The van der Waals surface area contributed by atoms with Crippen molar-refractivity contribution in [3.63, 3.8) is 0 Å². The standard InChI is InChI=1S/C15H16FNOS/c1-2-11-3-5-12(6-4-11)10-19(18)15-8-7-13(16)9-14(15)17/h3-9H,2,10,17H2,1H3. The van der Waals surface area contributed by atoms with Gasteiger partial charge in [-0.2, -0.15) is 0 Å². The maximum Gasteiger partial charge on any atom is 0.125 e. The number of halogens is 1. The third-order valence-corrected chi connectivity index (χ3v) is 4.40. The number of nitrogens with two attached hydrogens (primary N) is 1. The molecule has 0 aliphatic heterocycles. The third kappa shape index (κ3) is 3.41. The van der Waals surface area contributed by atoms with E-state index in [-0.39, 0.29) is 5.69 Å². The predicted molar refractivity (Wildman–Crippen MR) is 76.7 cm³/mol. The highest BCUT2D eigenvalue weighted by atomic mass is 32.2. The fourth-order valence-electron chi connectivity index (χ4n) is 1.83. The van der Waals surface area contributed by atoms with Gasteiger partial charge in [0.25, 0.3) is 0 Å². The predicted octanol–water partition coefficient (Wildman–Crippen LogP) is 3.28. The van der Waals surface area contributed by atoms with E-state index in [1.807, 2.05) is 24.3 Å². The van der Waals surface area contributed by atoms with Gasteiger partial charge in [0.1, 0.15) is 5.82 Å². The van der Waals surface area contributed by atoms with Crippen LogP contribution < -0.4 is 5.73 Å². The van der Waals surface area contributed by atoms with Crippen LogP contribution in [0.4, 0.5) is 10.1 Å². The number of aryl methyl sites for hydroxylation is 1. The fraction of sp³-hybridized carbons (Fsp3) is 0.200. The van der Waals surface area contributed by atoms with Crippen LogP contribution >= 0.6 is 0 Å². The van der Waals surface area contributed by atoms with Crippen LogP contribution in [-0.4, -0.2) is 4.21 Å². The van der Waals surface area contributed by atoms with Crippen LogP contribution in [-0.2, 0) is 23.0 Å². The van der Waals surface area contributed by atoms with Gasteiger partial charge in [0.2, 0.25) is 0 Å². The number of hydrogen-bond acceptors (Lipinski definition) is 2. The minimum absolute atomic E-state index is 0.239. The summed E-state index contributed by atoms with van der Waals surface area (Å²) in [6, 6.07) is 12.0. The molecule has 2 aromatic carbocycles. The number of nitrogen functional groups attached to an aromatic ring is 1. The lowest BCUT2D eigenvalue weighted by Gasteiger charge is -2.06. The van der Waals surface area contributed by atoms with Crippen molar-refractivity contribution < 1.29 is 8.60 Å². The molecule has 0 spiro atoms. The normalized spacial score (nSPS) is 12.3. The quantitative estimate of drug-likeness (QED) is 0.872. The Labute approximate surface area is 114 Å². The highest BCUT2D eigenvalue weighted by molar-refractivity contribution is 7.84. The molecule has 2 nitrogen and oxygen atoms in total. The van der Waals surface area contributed by atoms with E-state index in [2.05, 4.69) is 6.92 Å². The minimum Gasteiger partial charge on any atom is -0.398 e. The zero-order valence-corrected chi connectivity index (χ0v) is 11.5. The highest BCUT2D eigenvalue weighted by Crippen LogP contribution is 2.20. The molecule has 0 aliphatic rings. The second-order valence-corrected chi connectivity index (χ2v) is 5.76. The molecule has 2 N–H and O–H groups in total. The topological polar surface area (TPSA) is 43.1 Å². The summed E-state index contributed by atoms with van der Waals surface area (Å²) in [6.07, 6.45) is 0.980. The maximum atomic E-state index is 12.9. The Hall–Kier alpha value is -1.68. The van der Waals surface area contributed by atoms with Crippen LogP contribution in [0.5, 0.6) is 0 Å². The SMILES string of the molecule is CCc1ccc(CS(=O)c2ccc(F)cc2N)cc1. The Balaban J connectivity index is 2.15. The molecule has 1 atom stereocenters. The van der Waals surface area contributed by atoms with E-state index in [1.165, 1.54) is 23.8 Å². The molecule has 0 aliphatic carbocycles. The van der Waals surface area contributed by atoms with Crippen LogP contribution in [0, 0.1) is 5.82 Å². The number of rotatable bonds is 4. The lowest BCUT2D eigenvalue weighted by atomic mass is 10.1. The van der Waals surface area contributed by atoms with Crippen molar-refractivity contribution in [1.29, 1.82) is 0 Å². The summed E-state index contributed by atoms with van der Waals surface area (Å²) in [5.74, 6) is -0.0228. The van der Waals surface area contributed by atoms with Gasteiger partial charge in [0.15, 0.2) is 0 Å². The number of hydrogen-bond donors (Lipinski definition) is 1. The van der Waals surface area contributed by atoms with Crippen LogP contribution in [0.2, 0.25) is 0 Å².